The van der Waals surface area contributed by atoms with Crippen LogP contribution in [0.5, 0.6) is 5.75 Å². The first-order chi connectivity index (χ1) is 17.1. The van der Waals surface area contributed by atoms with Gasteiger partial charge in [0.05, 0.1) is 30.9 Å². The van der Waals surface area contributed by atoms with Crippen molar-refractivity contribution in [2.24, 2.45) is 0 Å². The Labute approximate surface area is 208 Å². The number of benzene rings is 1. The van der Waals surface area contributed by atoms with E-state index < -0.39 is 0 Å². The molecule has 2 aromatic heterocycles. The minimum Gasteiger partial charge on any atom is -0.497 e. The molecule has 1 atom stereocenters. The first kappa shape index (κ1) is 23.6. The number of anilines is 1. The van der Waals surface area contributed by atoms with Crippen molar-refractivity contribution in [3.63, 3.8) is 0 Å². The van der Waals surface area contributed by atoms with Crippen LogP contribution in [0.3, 0.4) is 0 Å². The smallest absolute Gasteiger partial charge is 0.263 e. The minimum atomic E-state index is -0.137. The lowest BCUT2D eigenvalue weighted by Crippen LogP contribution is -2.49. The molecule has 2 aliphatic rings. The normalized spacial score (nSPS) is 18.3. The second-order valence-corrected chi connectivity index (χ2v) is 9.62. The summed E-state index contributed by atoms with van der Waals surface area (Å²) in [4.78, 5) is 39.3. The van der Waals surface area contributed by atoms with Gasteiger partial charge in [0.25, 0.3) is 5.56 Å². The number of methoxy groups -OCH3 is 1. The molecule has 0 radical (unpaired) electrons. The third kappa shape index (κ3) is 5.28. The van der Waals surface area contributed by atoms with E-state index >= 15 is 0 Å². The van der Waals surface area contributed by atoms with Crippen LogP contribution in [0.4, 0.5) is 5.69 Å². The molecule has 10 heteroatoms. The zero-order chi connectivity index (χ0) is 24.2. The van der Waals surface area contributed by atoms with E-state index in [1.807, 2.05) is 29.2 Å². The molecule has 0 bridgehead atoms. The summed E-state index contributed by atoms with van der Waals surface area (Å²) >= 11 is 1.30. The van der Waals surface area contributed by atoms with Crippen LogP contribution in [0.25, 0.3) is 11.0 Å². The number of ether oxygens (including phenoxy) is 2. The maximum absolute atomic E-state index is 13.2. The average Bonchev–Trinajstić information content (AvgIpc) is 3.43. The van der Waals surface area contributed by atoms with Crippen LogP contribution in [0.15, 0.2) is 52.5 Å². The monoisotopic (exact) mass is 495 g/mol. The number of carbonyl (C=O) groups excluding carboxylic acids is 1. The average molecular weight is 496 g/mol. The summed E-state index contributed by atoms with van der Waals surface area (Å²) < 4.78 is 12.6. The van der Waals surface area contributed by atoms with E-state index in [1.165, 1.54) is 11.8 Å². The molecular weight excluding hydrogens is 466 g/mol. The molecule has 184 valence electrons. The van der Waals surface area contributed by atoms with E-state index in [9.17, 15) is 9.59 Å². The van der Waals surface area contributed by atoms with Gasteiger partial charge in [-0.1, -0.05) is 11.8 Å². The first-order valence-corrected chi connectivity index (χ1v) is 12.9. The Balaban J connectivity index is 1.25. The van der Waals surface area contributed by atoms with Crippen molar-refractivity contribution < 1.29 is 14.3 Å². The third-order valence-corrected chi connectivity index (χ3v) is 7.46. The highest BCUT2D eigenvalue weighted by Crippen LogP contribution is 2.23. The highest BCUT2D eigenvalue weighted by molar-refractivity contribution is 7.99. The maximum atomic E-state index is 13.2. The lowest BCUT2D eigenvalue weighted by atomic mass is 10.2. The van der Waals surface area contributed by atoms with Crippen molar-refractivity contribution in [1.82, 2.24) is 19.4 Å². The van der Waals surface area contributed by atoms with Gasteiger partial charge in [-0.05, 0) is 49.2 Å². The zero-order valence-corrected chi connectivity index (χ0v) is 20.6. The van der Waals surface area contributed by atoms with Gasteiger partial charge in [-0.15, -0.1) is 0 Å². The van der Waals surface area contributed by atoms with Gasteiger partial charge in [-0.3, -0.25) is 14.2 Å². The maximum Gasteiger partial charge on any atom is 0.263 e. The molecule has 0 spiro atoms. The molecule has 5 rings (SSSR count). The summed E-state index contributed by atoms with van der Waals surface area (Å²) in [7, 11) is 1.66. The lowest BCUT2D eigenvalue weighted by molar-refractivity contribution is -0.128. The molecule has 2 fully saturated rings. The van der Waals surface area contributed by atoms with Gasteiger partial charge >= 0.3 is 0 Å². The Bertz CT molecular complexity index is 1230. The van der Waals surface area contributed by atoms with Gasteiger partial charge in [0.2, 0.25) is 5.91 Å². The Hall–Kier alpha value is -3.11. The number of hydrogen-bond acceptors (Lipinski definition) is 8. The summed E-state index contributed by atoms with van der Waals surface area (Å²) in [5.41, 5.74) is 1.39. The molecule has 0 N–H and O–H groups in total. The number of pyridine rings is 1. The van der Waals surface area contributed by atoms with Gasteiger partial charge in [0.1, 0.15) is 5.75 Å². The molecular formula is C25H29N5O4S. The second kappa shape index (κ2) is 10.7. The van der Waals surface area contributed by atoms with Crippen LogP contribution in [-0.2, 0) is 16.1 Å². The van der Waals surface area contributed by atoms with Crippen molar-refractivity contribution in [3.8, 4) is 5.75 Å². The summed E-state index contributed by atoms with van der Waals surface area (Å²) in [5, 5.41) is 0.998. The van der Waals surface area contributed by atoms with Crippen LogP contribution >= 0.6 is 11.8 Å². The van der Waals surface area contributed by atoms with E-state index in [1.54, 1.807) is 30.0 Å². The topological polar surface area (TPSA) is 89.8 Å². The largest absolute Gasteiger partial charge is 0.497 e. The van der Waals surface area contributed by atoms with E-state index in [4.69, 9.17) is 9.47 Å². The van der Waals surface area contributed by atoms with Crippen LogP contribution in [0, 0.1) is 0 Å². The van der Waals surface area contributed by atoms with Crippen molar-refractivity contribution >= 4 is 34.4 Å². The number of nitrogens with zero attached hydrogens (tertiary/aromatic N) is 5. The quantitative estimate of drug-likeness (QED) is 0.365. The molecule has 1 amide bonds. The Morgan fingerprint density at radius 1 is 1.17 bits per heavy atom. The van der Waals surface area contributed by atoms with Gasteiger partial charge in [-0.2, -0.15) is 0 Å². The fourth-order valence-corrected chi connectivity index (χ4v) is 5.42. The fourth-order valence-electron chi connectivity index (χ4n) is 4.52. The molecule has 2 aliphatic heterocycles. The third-order valence-electron chi connectivity index (χ3n) is 6.50. The highest BCUT2D eigenvalue weighted by atomic mass is 32.2. The molecule has 2 saturated heterocycles. The predicted octanol–water partition coefficient (Wildman–Crippen LogP) is 2.42. The van der Waals surface area contributed by atoms with Crippen LogP contribution in [-0.4, -0.2) is 77.1 Å². The molecule has 3 aromatic rings. The molecule has 1 aromatic carbocycles. The van der Waals surface area contributed by atoms with Crippen LogP contribution < -0.4 is 15.2 Å². The summed E-state index contributed by atoms with van der Waals surface area (Å²) in [6, 6.07) is 11.5. The molecule has 9 nitrogen and oxygen atoms in total. The number of hydrogen-bond donors (Lipinski definition) is 0. The molecule has 35 heavy (non-hydrogen) atoms. The highest BCUT2D eigenvalue weighted by Gasteiger charge is 2.24. The Kier molecular flexibility index (Phi) is 7.19. The number of thioether (sulfide) groups is 1. The van der Waals surface area contributed by atoms with Gasteiger partial charge in [-0.25, -0.2) is 9.97 Å². The molecule has 1 unspecified atom stereocenters. The predicted molar refractivity (Wildman–Crippen MR) is 135 cm³/mol. The summed E-state index contributed by atoms with van der Waals surface area (Å²) in [5.74, 6) is 1.09. The van der Waals surface area contributed by atoms with E-state index in [2.05, 4.69) is 14.9 Å². The van der Waals surface area contributed by atoms with E-state index in [0.717, 1.165) is 37.4 Å². The van der Waals surface area contributed by atoms with E-state index in [0.29, 0.717) is 42.4 Å². The van der Waals surface area contributed by atoms with Crippen molar-refractivity contribution in [2.45, 2.75) is 30.6 Å². The van der Waals surface area contributed by atoms with Gasteiger partial charge < -0.3 is 19.3 Å². The summed E-state index contributed by atoms with van der Waals surface area (Å²) in [6.07, 6.45) is 3.52. The standard InChI is InChI=1S/C25H29N5O4S/c1-33-19-8-6-18(7-9-19)28-11-13-29(14-12-28)22(31)17-35-25-27-23-21(5-2-10-26-23)24(32)30(25)16-20-4-3-15-34-20/h2,5-10,20H,3-4,11-17H2,1H3. The fraction of sp³-hybridized carbons (Fsp3) is 0.440. The van der Waals surface area contributed by atoms with Gasteiger partial charge in [0.15, 0.2) is 10.8 Å². The molecule has 0 aliphatic carbocycles. The number of carbonyl (C=O) groups is 1. The van der Waals surface area contributed by atoms with Crippen molar-refractivity contribution in [2.75, 3.05) is 50.5 Å². The van der Waals surface area contributed by atoms with E-state index in [-0.39, 0.29) is 23.3 Å². The van der Waals surface area contributed by atoms with Crippen LogP contribution in [0.2, 0.25) is 0 Å². The molecule has 4 heterocycles. The lowest BCUT2D eigenvalue weighted by Gasteiger charge is -2.36. The minimum absolute atomic E-state index is 0.00953. The molecule has 0 saturated carbocycles. The number of aromatic nitrogens is 3. The van der Waals surface area contributed by atoms with Crippen molar-refractivity contribution in [3.05, 3.63) is 52.9 Å². The van der Waals surface area contributed by atoms with Crippen LogP contribution in [0.1, 0.15) is 12.8 Å². The zero-order valence-electron chi connectivity index (χ0n) is 19.8. The summed E-state index contributed by atoms with van der Waals surface area (Å²) in [6.45, 7) is 4.00. The number of rotatable bonds is 7. The second-order valence-electron chi connectivity index (χ2n) is 8.67. The van der Waals surface area contributed by atoms with Crippen molar-refractivity contribution in [1.29, 1.82) is 0 Å². The Morgan fingerprint density at radius 3 is 2.69 bits per heavy atom. The number of amides is 1. The SMILES string of the molecule is COc1ccc(N2CCN(C(=O)CSc3nc4ncccc4c(=O)n3CC3CCCO3)CC2)cc1. The Morgan fingerprint density at radius 2 is 1.97 bits per heavy atom. The number of piperazine rings is 1. The number of fused-ring (bicyclic) bond motifs is 1. The first-order valence-electron chi connectivity index (χ1n) is 11.9. The van der Waals surface area contributed by atoms with Gasteiger partial charge in [0, 0.05) is 44.7 Å².